The number of hydrogen-bond donors (Lipinski definition) is 2. The van der Waals surface area contributed by atoms with Gasteiger partial charge in [-0.25, -0.2) is 15.4 Å². The van der Waals surface area contributed by atoms with Crippen LogP contribution in [-0.4, -0.2) is 30.5 Å². The van der Waals surface area contributed by atoms with E-state index in [0.29, 0.717) is 12.1 Å². The van der Waals surface area contributed by atoms with E-state index in [0.717, 1.165) is 25.5 Å². The molecule has 0 bridgehead atoms. The van der Waals surface area contributed by atoms with Crippen molar-refractivity contribution < 1.29 is 0 Å². The van der Waals surface area contributed by atoms with E-state index in [1.807, 2.05) is 17.4 Å². The Hall–Kier alpha value is -1.88. The number of nitrogens with one attached hydrogen (secondary N) is 2. The SMILES string of the molecule is CCCCCC(C)(C)CCCNN1C=NCN=C1NCc1ccccc1. The van der Waals surface area contributed by atoms with Crippen LogP contribution >= 0.6 is 0 Å². The van der Waals surface area contributed by atoms with Gasteiger partial charge >= 0.3 is 0 Å². The normalized spacial score (nSPS) is 14.4. The highest BCUT2D eigenvalue weighted by atomic mass is 15.6. The fourth-order valence-electron chi connectivity index (χ4n) is 3.14. The van der Waals surface area contributed by atoms with E-state index < -0.39 is 0 Å². The second kappa shape index (κ2) is 11.0. The summed E-state index contributed by atoms with van der Waals surface area (Å²) in [6.45, 7) is 9.21. The molecular formula is C21H35N5. The molecule has 0 unspecified atom stereocenters. The monoisotopic (exact) mass is 357 g/mol. The lowest BCUT2D eigenvalue weighted by Crippen LogP contribution is -2.50. The van der Waals surface area contributed by atoms with Crippen LogP contribution in [-0.2, 0) is 6.54 Å². The van der Waals surface area contributed by atoms with Crippen LogP contribution in [0.2, 0.25) is 0 Å². The summed E-state index contributed by atoms with van der Waals surface area (Å²) in [7, 11) is 0. The van der Waals surface area contributed by atoms with Crippen molar-refractivity contribution in [3.8, 4) is 0 Å². The number of aliphatic imine (C=N–C) groups is 2. The maximum Gasteiger partial charge on any atom is 0.216 e. The Labute approximate surface area is 159 Å². The third-order valence-electron chi connectivity index (χ3n) is 4.79. The molecule has 1 aliphatic heterocycles. The number of unbranched alkanes of at least 4 members (excludes halogenated alkanes) is 2. The minimum atomic E-state index is 0.426. The average molecular weight is 358 g/mol. The van der Waals surface area contributed by atoms with Gasteiger partial charge in [0.05, 0.1) is 0 Å². The Morgan fingerprint density at radius 3 is 2.62 bits per heavy atom. The minimum absolute atomic E-state index is 0.426. The van der Waals surface area contributed by atoms with Gasteiger partial charge in [0.15, 0.2) is 0 Å². The fourth-order valence-corrected chi connectivity index (χ4v) is 3.14. The van der Waals surface area contributed by atoms with Crippen molar-refractivity contribution in [3.63, 3.8) is 0 Å². The first-order valence-corrected chi connectivity index (χ1v) is 9.96. The van der Waals surface area contributed by atoms with Gasteiger partial charge in [-0.05, 0) is 30.2 Å². The second-order valence-corrected chi connectivity index (χ2v) is 7.76. The van der Waals surface area contributed by atoms with Gasteiger partial charge in [-0.15, -0.1) is 0 Å². The molecule has 0 amide bonds. The van der Waals surface area contributed by atoms with Gasteiger partial charge in [0.2, 0.25) is 5.96 Å². The Kier molecular flexibility index (Phi) is 8.62. The maximum absolute atomic E-state index is 4.47. The van der Waals surface area contributed by atoms with Crippen LogP contribution < -0.4 is 10.7 Å². The molecule has 5 nitrogen and oxygen atoms in total. The third-order valence-corrected chi connectivity index (χ3v) is 4.79. The summed E-state index contributed by atoms with van der Waals surface area (Å²) in [5.41, 5.74) is 5.11. The number of benzene rings is 1. The molecule has 0 atom stereocenters. The van der Waals surface area contributed by atoms with Gasteiger partial charge < -0.3 is 5.32 Å². The van der Waals surface area contributed by atoms with Crippen LogP contribution in [0, 0.1) is 5.41 Å². The second-order valence-electron chi connectivity index (χ2n) is 7.76. The summed E-state index contributed by atoms with van der Waals surface area (Å²) in [5.74, 6) is 0.839. The van der Waals surface area contributed by atoms with Crippen molar-refractivity contribution in [1.82, 2.24) is 15.8 Å². The number of rotatable bonds is 11. The zero-order valence-electron chi connectivity index (χ0n) is 16.7. The Balaban J connectivity index is 1.70. The number of hydrogen-bond acceptors (Lipinski definition) is 5. The van der Waals surface area contributed by atoms with Crippen LogP contribution in [0.1, 0.15) is 64.9 Å². The molecule has 0 saturated heterocycles. The maximum atomic E-state index is 4.47. The summed E-state index contributed by atoms with van der Waals surface area (Å²) < 4.78 is 0. The van der Waals surface area contributed by atoms with Crippen LogP contribution in [0.3, 0.4) is 0 Å². The molecule has 1 aromatic rings. The van der Waals surface area contributed by atoms with E-state index in [1.54, 1.807) is 0 Å². The van der Waals surface area contributed by atoms with Crippen molar-refractivity contribution in [2.24, 2.45) is 15.4 Å². The molecule has 26 heavy (non-hydrogen) atoms. The van der Waals surface area contributed by atoms with Gasteiger partial charge in [0, 0.05) is 13.1 Å². The summed E-state index contributed by atoms with van der Waals surface area (Å²) in [5, 5.41) is 5.31. The molecule has 0 spiro atoms. The molecule has 0 fully saturated rings. The molecule has 144 valence electrons. The van der Waals surface area contributed by atoms with Crippen LogP contribution in [0.4, 0.5) is 0 Å². The molecular weight excluding hydrogens is 322 g/mol. The molecule has 0 aromatic heterocycles. The Morgan fingerprint density at radius 2 is 1.85 bits per heavy atom. The van der Waals surface area contributed by atoms with Gasteiger partial charge in [-0.2, -0.15) is 0 Å². The van der Waals surface area contributed by atoms with Gasteiger partial charge in [0.25, 0.3) is 0 Å². The zero-order valence-corrected chi connectivity index (χ0v) is 16.7. The summed E-state index contributed by atoms with van der Waals surface area (Å²) in [4.78, 5) is 8.73. The quantitative estimate of drug-likeness (QED) is 0.580. The predicted molar refractivity (Wildman–Crippen MR) is 111 cm³/mol. The number of nitrogens with zero attached hydrogens (tertiary/aromatic N) is 3. The van der Waals surface area contributed by atoms with Crippen molar-refractivity contribution in [1.29, 1.82) is 0 Å². The standard InChI is InChI=1S/C21H35N5/c1-4-5-9-13-21(2,3)14-10-15-25-26-18-22-17-24-20(26)23-16-19-11-7-6-8-12-19/h6-8,11-12,18,25H,4-5,9-10,13-17H2,1-3H3,(H,23,24). The molecule has 2 N–H and O–H groups in total. The Morgan fingerprint density at radius 1 is 1.08 bits per heavy atom. The largest absolute Gasteiger partial charge is 0.351 e. The van der Waals surface area contributed by atoms with Crippen molar-refractivity contribution in [2.45, 2.75) is 65.8 Å². The van der Waals surface area contributed by atoms with E-state index >= 15 is 0 Å². The van der Waals surface area contributed by atoms with Gasteiger partial charge in [-0.1, -0.05) is 70.4 Å². The molecule has 1 heterocycles. The average Bonchev–Trinajstić information content (AvgIpc) is 2.65. The zero-order chi connectivity index (χ0) is 18.7. The first-order chi connectivity index (χ1) is 12.6. The van der Waals surface area contributed by atoms with E-state index in [4.69, 9.17) is 0 Å². The van der Waals surface area contributed by atoms with Crippen molar-refractivity contribution in [3.05, 3.63) is 35.9 Å². The van der Waals surface area contributed by atoms with Gasteiger partial charge in [0.1, 0.15) is 13.0 Å². The minimum Gasteiger partial charge on any atom is -0.351 e. The highest BCUT2D eigenvalue weighted by Crippen LogP contribution is 2.28. The summed E-state index contributed by atoms with van der Waals surface area (Å²) in [6.07, 6.45) is 9.51. The molecule has 0 saturated carbocycles. The fraction of sp³-hybridized carbons (Fsp3) is 0.619. The molecule has 1 aliphatic rings. The Bertz CT molecular complexity index is 565. The van der Waals surface area contributed by atoms with Crippen LogP contribution in [0.15, 0.2) is 40.3 Å². The topological polar surface area (TPSA) is 52.0 Å². The first kappa shape index (κ1) is 20.4. The molecule has 2 rings (SSSR count). The number of hydrazine groups is 1. The molecule has 5 heteroatoms. The van der Waals surface area contributed by atoms with E-state index in [1.165, 1.54) is 37.7 Å². The van der Waals surface area contributed by atoms with E-state index in [9.17, 15) is 0 Å². The van der Waals surface area contributed by atoms with E-state index in [2.05, 4.69) is 65.8 Å². The molecule has 1 aromatic carbocycles. The number of guanidine groups is 1. The lowest BCUT2D eigenvalue weighted by Gasteiger charge is -2.27. The van der Waals surface area contributed by atoms with Crippen LogP contribution in [0.5, 0.6) is 0 Å². The highest BCUT2D eigenvalue weighted by molar-refractivity contribution is 5.90. The van der Waals surface area contributed by atoms with Crippen LogP contribution in [0.25, 0.3) is 0 Å². The van der Waals surface area contributed by atoms with Gasteiger partial charge in [-0.3, -0.25) is 4.99 Å². The third kappa shape index (κ3) is 7.56. The lowest BCUT2D eigenvalue weighted by molar-refractivity contribution is 0.278. The predicted octanol–water partition coefficient (Wildman–Crippen LogP) is 4.32. The summed E-state index contributed by atoms with van der Waals surface area (Å²) >= 11 is 0. The van der Waals surface area contributed by atoms with E-state index in [-0.39, 0.29) is 0 Å². The molecule has 0 aliphatic carbocycles. The summed E-state index contributed by atoms with van der Waals surface area (Å²) in [6, 6.07) is 10.4. The van der Waals surface area contributed by atoms with Crippen molar-refractivity contribution in [2.75, 3.05) is 13.2 Å². The lowest BCUT2D eigenvalue weighted by atomic mass is 9.82. The highest BCUT2D eigenvalue weighted by Gasteiger charge is 2.17. The first-order valence-electron chi connectivity index (χ1n) is 9.96. The smallest absolute Gasteiger partial charge is 0.216 e. The molecule has 0 radical (unpaired) electrons. The van der Waals surface area contributed by atoms with Crippen molar-refractivity contribution >= 4 is 12.3 Å².